The number of benzene rings is 2. The molecule has 2 aromatic carbocycles. The minimum absolute atomic E-state index is 0.109. The molecule has 2 atom stereocenters. The maximum atomic E-state index is 12.8. The van der Waals surface area contributed by atoms with Crippen LogP contribution < -0.4 is 10.6 Å². The standard InChI is InChI=1S/C28H34Cl2N4O3/c1-17(2)11-23(15-29)31-25(35)19-7-5-9-21(13-19)27-33-34-28(37-27)22-10-6-8-20(14-22)26(36)32-24(16-30)12-18(3)4/h5-10,13-14,17-18,23-24H,11-12,15-16H2,1-4H3,(H,31,35)(H,32,36)/t23-,24-/m0/s1. The van der Waals surface area contributed by atoms with E-state index in [1.54, 1.807) is 48.5 Å². The van der Waals surface area contributed by atoms with E-state index in [-0.39, 0.29) is 35.7 Å². The topological polar surface area (TPSA) is 97.1 Å². The maximum Gasteiger partial charge on any atom is 0.251 e. The van der Waals surface area contributed by atoms with Crippen LogP contribution in [0, 0.1) is 11.8 Å². The molecule has 0 bridgehead atoms. The zero-order chi connectivity index (χ0) is 26.9. The molecule has 3 aromatic rings. The Hall–Kier alpha value is -2.90. The second kappa shape index (κ2) is 13.6. The summed E-state index contributed by atoms with van der Waals surface area (Å²) in [7, 11) is 0. The number of halogens is 2. The molecule has 0 fully saturated rings. The highest BCUT2D eigenvalue weighted by molar-refractivity contribution is 6.18. The summed E-state index contributed by atoms with van der Waals surface area (Å²) in [6.07, 6.45) is 1.59. The van der Waals surface area contributed by atoms with Gasteiger partial charge in [-0.15, -0.1) is 33.4 Å². The van der Waals surface area contributed by atoms with Crippen LogP contribution in [0.15, 0.2) is 52.9 Å². The third-order valence-corrected chi connectivity index (χ3v) is 6.47. The van der Waals surface area contributed by atoms with Crippen molar-refractivity contribution in [3.05, 3.63) is 59.7 Å². The fourth-order valence-corrected chi connectivity index (χ4v) is 4.45. The molecule has 0 saturated heterocycles. The van der Waals surface area contributed by atoms with Crippen LogP contribution in [0.1, 0.15) is 61.3 Å². The fraction of sp³-hybridized carbons (Fsp3) is 0.429. The van der Waals surface area contributed by atoms with E-state index in [9.17, 15) is 9.59 Å². The number of rotatable bonds is 12. The van der Waals surface area contributed by atoms with Crippen molar-refractivity contribution in [2.45, 2.75) is 52.6 Å². The molecule has 0 spiro atoms. The normalized spacial score (nSPS) is 13.0. The Bertz CT molecular complexity index is 1110. The minimum Gasteiger partial charge on any atom is -0.416 e. The SMILES string of the molecule is CC(C)C[C@@H](CCl)NC(=O)c1cccc(-c2nnc(-c3cccc(C(=O)N[C@H](CCl)CC(C)C)c3)o2)c1. The number of nitrogens with one attached hydrogen (secondary N) is 2. The van der Waals surface area contributed by atoms with Gasteiger partial charge in [0.25, 0.3) is 11.8 Å². The van der Waals surface area contributed by atoms with Gasteiger partial charge in [-0.3, -0.25) is 9.59 Å². The van der Waals surface area contributed by atoms with Gasteiger partial charge in [-0.05, 0) is 61.1 Å². The van der Waals surface area contributed by atoms with Gasteiger partial charge in [0, 0.05) is 46.1 Å². The molecular weight excluding hydrogens is 511 g/mol. The van der Waals surface area contributed by atoms with Gasteiger partial charge in [0.15, 0.2) is 0 Å². The highest BCUT2D eigenvalue weighted by Crippen LogP contribution is 2.25. The molecule has 3 rings (SSSR count). The Morgan fingerprint density at radius 1 is 0.757 bits per heavy atom. The van der Waals surface area contributed by atoms with Crippen molar-refractivity contribution in [1.82, 2.24) is 20.8 Å². The van der Waals surface area contributed by atoms with Crippen molar-refractivity contribution in [3.8, 4) is 22.9 Å². The molecule has 0 radical (unpaired) electrons. The summed E-state index contributed by atoms with van der Waals surface area (Å²) in [6.45, 7) is 8.35. The second-order valence-electron chi connectivity index (χ2n) is 9.98. The molecule has 37 heavy (non-hydrogen) atoms. The average Bonchev–Trinajstić information content (AvgIpc) is 3.38. The zero-order valence-corrected chi connectivity index (χ0v) is 23.1. The highest BCUT2D eigenvalue weighted by Gasteiger charge is 2.18. The molecule has 0 aliphatic heterocycles. The summed E-state index contributed by atoms with van der Waals surface area (Å²) in [5.41, 5.74) is 2.19. The first-order valence-electron chi connectivity index (χ1n) is 12.5. The van der Waals surface area contributed by atoms with Crippen LogP contribution in [0.25, 0.3) is 22.9 Å². The smallest absolute Gasteiger partial charge is 0.251 e. The van der Waals surface area contributed by atoms with Crippen molar-refractivity contribution in [2.24, 2.45) is 11.8 Å². The number of nitrogens with zero attached hydrogens (tertiary/aromatic N) is 2. The fourth-order valence-electron chi connectivity index (χ4n) is 4.04. The van der Waals surface area contributed by atoms with Crippen molar-refractivity contribution >= 4 is 35.0 Å². The average molecular weight is 546 g/mol. The molecule has 1 aromatic heterocycles. The highest BCUT2D eigenvalue weighted by atomic mass is 35.5. The van der Waals surface area contributed by atoms with Crippen molar-refractivity contribution < 1.29 is 14.0 Å². The number of aromatic nitrogens is 2. The molecule has 9 heteroatoms. The lowest BCUT2D eigenvalue weighted by Gasteiger charge is -2.18. The summed E-state index contributed by atoms with van der Waals surface area (Å²) < 4.78 is 5.91. The minimum atomic E-state index is -0.209. The van der Waals surface area contributed by atoms with Gasteiger partial charge in [-0.2, -0.15) is 0 Å². The Kier molecular flexibility index (Phi) is 10.5. The summed E-state index contributed by atoms with van der Waals surface area (Å²) >= 11 is 12.1. The van der Waals surface area contributed by atoms with Gasteiger partial charge in [0.05, 0.1) is 0 Å². The van der Waals surface area contributed by atoms with Crippen LogP contribution in [0.4, 0.5) is 0 Å². The van der Waals surface area contributed by atoms with E-state index >= 15 is 0 Å². The molecule has 2 N–H and O–H groups in total. The Labute approximate surface area is 228 Å². The molecule has 1 heterocycles. The van der Waals surface area contributed by atoms with Crippen LogP contribution in [0.5, 0.6) is 0 Å². The van der Waals surface area contributed by atoms with E-state index in [0.29, 0.717) is 45.8 Å². The van der Waals surface area contributed by atoms with Crippen LogP contribution in [-0.2, 0) is 0 Å². The molecule has 0 unspecified atom stereocenters. The lowest BCUT2D eigenvalue weighted by atomic mass is 10.0. The van der Waals surface area contributed by atoms with Crippen LogP contribution >= 0.6 is 23.2 Å². The Morgan fingerprint density at radius 2 is 1.16 bits per heavy atom. The van der Waals surface area contributed by atoms with Gasteiger partial charge < -0.3 is 15.1 Å². The molecule has 7 nitrogen and oxygen atoms in total. The Morgan fingerprint density at radius 3 is 1.51 bits per heavy atom. The van der Waals surface area contributed by atoms with E-state index in [2.05, 4.69) is 48.5 Å². The molecule has 0 aliphatic carbocycles. The van der Waals surface area contributed by atoms with Gasteiger partial charge in [0.1, 0.15) is 0 Å². The van der Waals surface area contributed by atoms with Crippen molar-refractivity contribution in [1.29, 1.82) is 0 Å². The number of hydrogen-bond acceptors (Lipinski definition) is 5. The lowest BCUT2D eigenvalue weighted by Crippen LogP contribution is -2.37. The van der Waals surface area contributed by atoms with E-state index in [1.165, 1.54) is 0 Å². The number of carbonyl (C=O) groups excluding carboxylic acids is 2. The molecule has 0 saturated carbocycles. The quantitative estimate of drug-likeness (QED) is 0.265. The summed E-state index contributed by atoms with van der Waals surface area (Å²) in [5, 5.41) is 14.3. The molecule has 198 valence electrons. The van der Waals surface area contributed by atoms with Crippen molar-refractivity contribution in [2.75, 3.05) is 11.8 Å². The first-order valence-corrected chi connectivity index (χ1v) is 13.5. The monoisotopic (exact) mass is 544 g/mol. The van der Waals surface area contributed by atoms with E-state index in [1.807, 2.05) is 0 Å². The second-order valence-corrected chi connectivity index (χ2v) is 10.6. The predicted molar refractivity (Wildman–Crippen MR) is 148 cm³/mol. The van der Waals surface area contributed by atoms with Gasteiger partial charge in [-0.25, -0.2) is 0 Å². The zero-order valence-electron chi connectivity index (χ0n) is 21.6. The maximum absolute atomic E-state index is 12.8. The van der Waals surface area contributed by atoms with Crippen LogP contribution in [-0.4, -0.2) is 45.9 Å². The first-order chi connectivity index (χ1) is 17.7. The summed E-state index contributed by atoms with van der Waals surface area (Å²) in [5.74, 6) is 1.65. The lowest BCUT2D eigenvalue weighted by molar-refractivity contribution is 0.0928. The summed E-state index contributed by atoms with van der Waals surface area (Å²) in [6, 6.07) is 13.8. The Balaban J connectivity index is 1.75. The number of hydrogen-bond donors (Lipinski definition) is 2. The molecule has 2 amide bonds. The van der Waals surface area contributed by atoms with Gasteiger partial charge in [-0.1, -0.05) is 39.8 Å². The predicted octanol–water partition coefficient (Wildman–Crippen LogP) is 6.17. The van der Waals surface area contributed by atoms with Crippen molar-refractivity contribution in [3.63, 3.8) is 0 Å². The van der Waals surface area contributed by atoms with E-state index in [0.717, 1.165) is 12.8 Å². The van der Waals surface area contributed by atoms with Gasteiger partial charge in [0.2, 0.25) is 11.8 Å². The summed E-state index contributed by atoms with van der Waals surface area (Å²) in [4.78, 5) is 25.6. The largest absolute Gasteiger partial charge is 0.416 e. The van der Waals surface area contributed by atoms with E-state index < -0.39 is 0 Å². The third kappa shape index (κ3) is 8.30. The van der Waals surface area contributed by atoms with Gasteiger partial charge >= 0.3 is 0 Å². The molecular formula is C28H34Cl2N4O3. The first kappa shape index (κ1) is 28.7. The van der Waals surface area contributed by atoms with E-state index in [4.69, 9.17) is 27.6 Å². The number of amides is 2. The van der Waals surface area contributed by atoms with Crippen LogP contribution in [0.2, 0.25) is 0 Å². The number of alkyl halides is 2. The van der Waals surface area contributed by atoms with Crippen LogP contribution in [0.3, 0.4) is 0 Å². The molecule has 0 aliphatic rings. The third-order valence-electron chi connectivity index (χ3n) is 5.72. The number of carbonyl (C=O) groups is 2.